The van der Waals surface area contributed by atoms with Crippen molar-refractivity contribution in [3.63, 3.8) is 0 Å². The van der Waals surface area contributed by atoms with Gasteiger partial charge in [-0.1, -0.05) is 0 Å². The van der Waals surface area contributed by atoms with Gasteiger partial charge >= 0.3 is 0 Å². The maximum atomic E-state index is 11.5. The fourth-order valence-electron chi connectivity index (χ4n) is 3.08. The topological polar surface area (TPSA) is 92.9 Å². The molecule has 1 saturated heterocycles. The summed E-state index contributed by atoms with van der Waals surface area (Å²) < 4.78 is 22.8. The Morgan fingerprint density at radius 3 is 2.71 bits per heavy atom. The highest BCUT2D eigenvalue weighted by Gasteiger charge is 2.18. The van der Waals surface area contributed by atoms with Crippen LogP contribution in [0.5, 0.6) is 23.0 Å². The van der Waals surface area contributed by atoms with Crippen molar-refractivity contribution in [2.45, 2.75) is 12.5 Å². The Balaban J connectivity index is 1.68. The zero-order valence-corrected chi connectivity index (χ0v) is 15.4. The number of carbonyl (C=O) groups is 1. The molecule has 3 aromatic rings. The molecule has 1 aliphatic heterocycles. The molecule has 0 saturated carbocycles. The minimum absolute atomic E-state index is 0.0137. The second-order valence-electron chi connectivity index (χ2n) is 6.46. The van der Waals surface area contributed by atoms with Gasteiger partial charge in [-0.15, -0.1) is 0 Å². The van der Waals surface area contributed by atoms with Crippen LogP contribution in [0.3, 0.4) is 0 Å². The number of nitrogens with two attached hydrogens (primary N) is 1. The van der Waals surface area contributed by atoms with E-state index in [1.54, 1.807) is 55.8 Å². The number of fused-ring (bicyclic) bond motifs is 1. The first kappa shape index (κ1) is 18.1. The number of benzene rings is 2. The van der Waals surface area contributed by atoms with Gasteiger partial charge in [-0.05, 0) is 24.3 Å². The van der Waals surface area contributed by atoms with E-state index in [4.69, 9.17) is 24.7 Å². The van der Waals surface area contributed by atoms with Crippen LogP contribution < -0.4 is 19.9 Å². The highest BCUT2D eigenvalue weighted by Crippen LogP contribution is 2.34. The predicted molar refractivity (Wildman–Crippen MR) is 103 cm³/mol. The lowest BCUT2D eigenvalue weighted by Crippen LogP contribution is -2.15. The largest absolute Gasteiger partial charge is 0.496 e. The number of aromatic nitrogens is 1. The Kier molecular flexibility index (Phi) is 4.99. The number of hydrogen-bond donors (Lipinski definition) is 1. The first-order valence-corrected chi connectivity index (χ1v) is 8.92. The second-order valence-corrected chi connectivity index (χ2v) is 6.46. The molecule has 1 unspecified atom stereocenters. The van der Waals surface area contributed by atoms with Gasteiger partial charge in [0.2, 0.25) is 5.91 Å². The number of ether oxygens (including phenoxy) is 4. The summed E-state index contributed by atoms with van der Waals surface area (Å²) in [4.78, 5) is 15.8. The normalized spacial score (nSPS) is 16.1. The summed E-state index contributed by atoms with van der Waals surface area (Å²) in [6.45, 7) is 1.27. The van der Waals surface area contributed by atoms with E-state index in [0.717, 1.165) is 6.42 Å². The van der Waals surface area contributed by atoms with Gasteiger partial charge < -0.3 is 24.7 Å². The Bertz CT molecular complexity index is 1010. The molecular formula is C21H20N2O5. The van der Waals surface area contributed by atoms with Crippen molar-refractivity contribution in [2.75, 3.05) is 20.3 Å². The van der Waals surface area contributed by atoms with Gasteiger partial charge in [-0.3, -0.25) is 9.78 Å². The Labute approximate surface area is 162 Å². The van der Waals surface area contributed by atoms with Crippen molar-refractivity contribution in [1.82, 2.24) is 4.98 Å². The molecule has 2 aromatic carbocycles. The Morgan fingerprint density at radius 2 is 1.96 bits per heavy atom. The van der Waals surface area contributed by atoms with Gasteiger partial charge in [0.05, 0.1) is 25.8 Å². The molecule has 28 heavy (non-hydrogen) atoms. The molecule has 144 valence electrons. The number of rotatable bonds is 6. The maximum absolute atomic E-state index is 11.5. The Morgan fingerprint density at radius 1 is 1.14 bits per heavy atom. The molecule has 1 aliphatic rings. The van der Waals surface area contributed by atoms with E-state index in [0.29, 0.717) is 52.7 Å². The van der Waals surface area contributed by atoms with Crippen molar-refractivity contribution in [3.05, 3.63) is 54.2 Å². The SMILES string of the molecule is COc1cc(Oc2ccnc3ccc(C(N)=O)cc23)cc(OC2CCOC2)c1. The van der Waals surface area contributed by atoms with Gasteiger partial charge in [0.15, 0.2) is 0 Å². The number of carbonyl (C=O) groups excluding carboxylic acids is 1. The Hall–Kier alpha value is -3.32. The lowest BCUT2D eigenvalue weighted by molar-refractivity contribution is 0.100. The van der Waals surface area contributed by atoms with Crippen molar-refractivity contribution < 1.29 is 23.7 Å². The van der Waals surface area contributed by atoms with Gasteiger partial charge in [0, 0.05) is 41.8 Å². The van der Waals surface area contributed by atoms with E-state index in [9.17, 15) is 4.79 Å². The summed E-state index contributed by atoms with van der Waals surface area (Å²) >= 11 is 0. The summed E-state index contributed by atoms with van der Waals surface area (Å²) in [6, 6.07) is 12.2. The minimum Gasteiger partial charge on any atom is -0.496 e. The predicted octanol–water partition coefficient (Wildman–Crippen LogP) is 3.30. The van der Waals surface area contributed by atoms with E-state index >= 15 is 0 Å². The van der Waals surface area contributed by atoms with E-state index in [1.165, 1.54) is 0 Å². The van der Waals surface area contributed by atoms with Crippen LogP contribution in [0, 0.1) is 0 Å². The first-order valence-electron chi connectivity index (χ1n) is 8.92. The van der Waals surface area contributed by atoms with Crippen LogP contribution in [0.15, 0.2) is 48.7 Å². The van der Waals surface area contributed by atoms with Crippen LogP contribution in [-0.2, 0) is 4.74 Å². The molecule has 2 heterocycles. The van der Waals surface area contributed by atoms with Gasteiger partial charge in [0.25, 0.3) is 0 Å². The number of methoxy groups -OCH3 is 1. The monoisotopic (exact) mass is 380 g/mol. The molecule has 2 N–H and O–H groups in total. The highest BCUT2D eigenvalue weighted by atomic mass is 16.5. The zero-order chi connectivity index (χ0) is 19.5. The molecule has 0 bridgehead atoms. The number of hydrogen-bond acceptors (Lipinski definition) is 6. The van der Waals surface area contributed by atoms with E-state index < -0.39 is 5.91 Å². The van der Waals surface area contributed by atoms with Crippen LogP contribution in [-0.4, -0.2) is 37.3 Å². The summed E-state index contributed by atoms with van der Waals surface area (Å²) in [5.74, 6) is 1.85. The van der Waals surface area contributed by atoms with Gasteiger partial charge in [0.1, 0.15) is 29.1 Å². The molecule has 4 rings (SSSR count). The average molecular weight is 380 g/mol. The minimum atomic E-state index is -0.507. The molecule has 1 aromatic heterocycles. The van der Waals surface area contributed by atoms with Gasteiger partial charge in [-0.2, -0.15) is 0 Å². The van der Waals surface area contributed by atoms with E-state index in [2.05, 4.69) is 4.98 Å². The van der Waals surface area contributed by atoms with E-state index in [-0.39, 0.29) is 6.10 Å². The van der Waals surface area contributed by atoms with Crippen molar-refractivity contribution in [2.24, 2.45) is 5.73 Å². The summed E-state index contributed by atoms with van der Waals surface area (Å²) in [6.07, 6.45) is 2.51. The van der Waals surface area contributed by atoms with Crippen LogP contribution in [0.2, 0.25) is 0 Å². The van der Waals surface area contributed by atoms with Crippen molar-refractivity contribution >= 4 is 16.8 Å². The fraction of sp³-hybridized carbons (Fsp3) is 0.238. The first-order chi connectivity index (χ1) is 13.6. The molecule has 1 atom stereocenters. The molecule has 0 spiro atoms. The van der Waals surface area contributed by atoms with E-state index in [1.807, 2.05) is 0 Å². The third-order valence-corrected chi connectivity index (χ3v) is 4.49. The number of nitrogens with zero attached hydrogens (tertiary/aromatic N) is 1. The summed E-state index contributed by atoms with van der Waals surface area (Å²) in [5, 5.41) is 0.688. The fourth-order valence-corrected chi connectivity index (χ4v) is 3.08. The molecule has 7 heteroatoms. The second kappa shape index (κ2) is 7.74. The lowest BCUT2D eigenvalue weighted by atomic mass is 10.1. The maximum Gasteiger partial charge on any atom is 0.248 e. The molecule has 0 aliphatic carbocycles. The summed E-state index contributed by atoms with van der Waals surface area (Å²) in [5.41, 5.74) is 6.49. The van der Waals surface area contributed by atoms with Crippen LogP contribution in [0.4, 0.5) is 0 Å². The van der Waals surface area contributed by atoms with Crippen LogP contribution in [0.1, 0.15) is 16.8 Å². The quantitative estimate of drug-likeness (QED) is 0.705. The van der Waals surface area contributed by atoms with Crippen molar-refractivity contribution in [3.8, 4) is 23.0 Å². The third kappa shape index (κ3) is 3.84. The number of amides is 1. The number of pyridine rings is 1. The zero-order valence-electron chi connectivity index (χ0n) is 15.4. The van der Waals surface area contributed by atoms with Crippen LogP contribution in [0.25, 0.3) is 10.9 Å². The molecule has 0 radical (unpaired) electrons. The summed E-state index contributed by atoms with van der Waals surface area (Å²) in [7, 11) is 1.59. The molecule has 1 fully saturated rings. The third-order valence-electron chi connectivity index (χ3n) is 4.49. The number of primary amides is 1. The average Bonchev–Trinajstić information content (AvgIpc) is 3.20. The molecule has 1 amide bonds. The standard InChI is InChI=1S/C21H20N2O5/c1-25-15-9-16(27-14-5-7-26-12-14)11-17(10-15)28-20-4-6-23-19-3-2-13(21(22)24)8-18(19)20/h2-4,6,8-11,14H,5,7,12H2,1H3,(H2,22,24). The van der Waals surface area contributed by atoms with Gasteiger partial charge in [-0.25, -0.2) is 0 Å². The molecule has 7 nitrogen and oxygen atoms in total. The lowest BCUT2D eigenvalue weighted by Gasteiger charge is -2.15. The molecular weight excluding hydrogens is 360 g/mol. The highest BCUT2D eigenvalue weighted by molar-refractivity contribution is 5.98. The van der Waals surface area contributed by atoms with Crippen molar-refractivity contribution in [1.29, 1.82) is 0 Å². The smallest absolute Gasteiger partial charge is 0.248 e. The van der Waals surface area contributed by atoms with Crippen LogP contribution >= 0.6 is 0 Å².